The smallest absolute Gasteiger partial charge is 0.232 e. The first-order valence-corrected chi connectivity index (χ1v) is 6.69. The minimum absolute atomic E-state index is 0.154. The molecule has 2 unspecified atom stereocenters. The van der Waals surface area contributed by atoms with Gasteiger partial charge in [0, 0.05) is 10.0 Å². The van der Waals surface area contributed by atoms with Crippen LogP contribution in [-0.4, -0.2) is 21.4 Å². The van der Waals surface area contributed by atoms with Gasteiger partial charge >= 0.3 is 0 Å². The number of rotatable bonds is 4. The Balaban J connectivity index is 2.29. The maximum Gasteiger partial charge on any atom is 0.232 e. The highest BCUT2D eigenvalue weighted by Crippen LogP contribution is 2.27. The first kappa shape index (κ1) is 13.2. The highest BCUT2D eigenvalue weighted by atomic mass is 79.9. The van der Waals surface area contributed by atoms with E-state index in [1.807, 2.05) is 38.1 Å². The van der Waals surface area contributed by atoms with Crippen molar-refractivity contribution in [3.05, 3.63) is 34.6 Å². The summed E-state index contributed by atoms with van der Waals surface area (Å²) in [5.74, 6) is 0.849. The largest absolute Gasteiger partial charge is 0.392 e. The fourth-order valence-electron chi connectivity index (χ4n) is 1.69. The maximum atomic E-state index is 9.78. The summed E-state index contributed by atoms with van der Waals surface area (Å²) >= 11 is 3.45. The zero-order chi connectivity index (χ0) is 13.1. The molecule has 0 bridgehead atoms. The normalized spacial score (nSPS) is 14.4. The molecule has 2 rings (SSSR count). The van der Waals surface area contributed by atoms with Crippen molar-refractivity contribution in [1.82, 2.24) is 10.1 Å². The standard InChI is InChI=1S/C13H15BrN2O2/c1-3-11(17)8(2)13-15-12(16-18-13)9-6-4-5-7-10(9)14/h4-8,11,17H,3H2,1-2H3. The van der Waals surface area contributed by atoms with Gasteiger partial charge in [0.15, 0.2) is 0 Å². The van der Waals surface area contributed by atoms with E-state index in [4.69, 9.17) is 4.52 Å². The van der Waals surface area contributed by atoms with Gasteiger partial charge in [-0.3, -0.25) is 0 Å². The van der Waals surface area contributed by atoms with Crippen molar-refractivity contribution in [2.75, 3.05) is 0 Å². The summed E-state index contributed by atoms with van der Waals surface area (Å²) in [5, 5.41) is 13.7. The van der Waals surface area contributed by atoms with Crippen LogP contribution in [0.4, 0.5) is 0 Å². The highest BCUT2D eigenvalue weighted by Gasteiger charge is 2.21. The van der Waals surface area contributed by atoms with E-state index in [1.165, 1.54) is 0 Å². The van der Waals surface area contributed by atoms with E-state index in [0.717, 1.165) is 10.0 Å². The molecule has 0 saturated carbocycles. The highest BCUT2D eigenvalue weighted by molar-refractivity contribution is 9.10. The third-order valence-corrected chi connectivity index (χ3v) is 3.63. The van der Waals surface area contributed by atoms with Crippen molar-refractivity contribution in [3.8, 4) is 11.4 Å². The molecule has 1 N–H and O–H groups in total. The van der Waals surface area contributed by atoms with Gasteiger partial charge in [-0.15, -0.1) is 0 Å². The van der Waals surface area contributed by atoms with Crippen LogP contribution >= 0.6 is 15.9 Å². The molecule has 96 valence electrons. The van der Waals surface area contributed by atoms with Crippen LogP contribution in [0.3, 0.4) is 0 Å². The van der Waals surface area contributed by atoms with Gasteiger partial charge in [-0.05, 0) is 18.6 Å². The van der Waals surface area contributed by atoms with Gasteiger partial charge in [0.2, 0.25) is 11.7 Å². The summed E-state index contributed by atoms with van der Waals surface area (Å²) in [6.07, 6.45) is 0.200. The molecule has 2 atom stereocenters. The van der Waals surface area contributed by atoms with Gasteiger partial charge in [0.05, 0.1) is 12.0 Å². The number of aromatic nitrogens is 2. The van der Waals surface area contributed by atoms with Gasteiger partial charge in [0.25, 0.3) is 0 Å². The second-order valence-electron chi connectivity index (χ2n) is 4.20. The molecule has 0 aliphatic carbocycles. The third kappa shape index (κ3) is 2.62. The number of aliphatic hydroxyl groups is 1. The van der Waals surface area contributed by atoms with Gasteiger partial charge in [0.1, 0.15) is 0 Å². The van der Waals surface area contributed by atoms with Crippen LogP contribution in [0, 0.1) is 0 Å². The van der Waals surface area contributed by atoms with Gasteiger partial charge in [-0.2, -0.15) is 4.98 Å². The molecule has 0 radical (unpaired) electrons. The molecule has 2 aromatic rings. The van der Waals surface area contributed by atoms with Crippen LogP contribution in [0.5, 0.6) is 0 Å². The molecule has 1 heterocycles. The molecule has 0 aliphatic rings. The molecule has 0 aliphatic heterocycles. The zero-order valence-corrected chi connectivity index (χ0v) is 11.9. The van der Waals surface area contributed by atoms with Crippen molar-refractivity contribution < 1.29 is 9.63 Å². The van der Waals surface area contributed by atoms with Crippen molar-refractivity contribution in [1.29, 1.82) is 0 Å². The Hall–Kier alpha value is -1.20. The third-order valence-electron chi connectivity index (χ3n) is 2.94. The molecule has 0 spiro atoms. The van der Waals surface area contributed by atoms with Gasteiger partial charge in [-0.1, -0.05) is 47.1 Å². The summed E-state index contributed by atoms with van der Waals surface area (Å²) in [7, 11) is 0. The number of halogens is 1. The molecule has 4 nitrogen and oxygen atoms in total. The Kier molecular flexibility index (Phi) is 4.14. The number of hydrogen-bond donors (Lipinski definition) is 1. The molecule has 0 amide bonds. The minimum atomic E-state index is -0.461. The molecule has 1 aromatic carbocycles. The van der Waals surface area contributed by atoms with Crippen molar-refractivity contribution in [2.24, 2.45) is 0 Å². The maximum absolute atomic E-state index is 9.78. The number of benzene rings is 1. The van der Waals surface area contributed by atoms with Crippen molar-refractivity contribution >= 4 is 15.9 Å². The monoisotopic (exact) mass is 310 g/mol. The average molecular weight is 311 g/mol. The Labute approximate surface area is 114 Å². The average Bonchev–Trinajstić information content (AvgIpc) is 2.87. The summed E-state index contributed by atoms with van der Waals surface area (Å²) in [6, 6.07) is 7.69. The lowest BCUT2D eigenvalue weighted by Crippen LogP contribution is -2.14. The summed E-state index contributed by atoms with van der Waals surface area (Å²) in [5.41, 5.74) is 0.880. The number of hydrogen-bond acceptors (Lipinski definition) is 4. The van der Waals surface area contributed by atoms with Gasteiger partial charge in [-0.25, -0.2) is 0 Å². The molecule has 18 heavy (non-hydrogen) atoms. The Morgan fingerprint density at radius 2 is 2.11 bits per heavy atom. The van der Waals surface area contributed by atoms with E-state index in [2.05, 4.69) is 26.1 Å². The fourth-order valence-corrected chi connectivity index (χ4v) is 2.15. The Morgan fingerprint density at radius 3 is 2.78 bits per heavy atom. The van der Waals surface area contributed by atoms with Crippen LogP contribution < -0.4 is 0 Å². The Morgan fingerprint density at radius 1 is 1.39 bits per heavy atom. The predicted octanol–water partition coefficient (Wildman–Crippen LogP) is 3.37. The summed E-state index contributed by atoms with van der Waals surface area (Å²) in [4.78, 5) is 4.34. The lowest BCUT2D eigenvalue weighted by atomic mass is 10.0. The second-order valence-corrected chi connectivity index (χ2v) is 5.05. The lowest BCUT2D eigenvalue weighted by Gasteiger charge is -2.11. The fraction of sp³-hybridized carbons (Fsp3) is 0.385. The predicted molar refractivity (Wildman–Crippen MR) is 72.1 cm³/mol. The molecular formula is C13H15BrN2O2. The topological polar surface area (TPSA) is 59.2 Å². The molecular weight excluding hydrogens is 296 g/mol. The van der Waals surface area contributed by atoms with Crippen LogP contribution in [0.25, 0.3) is 11.4 Å². The quantitative estimate of drug-likeness (QED) is 0.940. The van der Waals surface area contributed by atoms with E-state index in [9.17, 15) is 5.11 Å². The molecule has 5 heteroatoms. The van der Waals surface area contributed by atoms with Crippen molar-refractivity contribution in [2.45, 2.75) is 32.3 Å². The first-order valence-electron chi connectivity index (χ1n) is 5.90. The number of aliphatic hydroxyl groups excluding tert-OH is 1. The Bertz CT molecular complexity index is 527. The number of nitrogens with zero attached hydrogens (tertiary/aromatic N) is 2. The van der Waals surface area contributed by atoms with Crippen LogP contribution in [0.1, 0.15) is 32.1 Å². The van der Waals surface area contributed by atoms with Crippen LogP contribution in [-0.2, 0) is 0 Å². The van der Waals surface area contributed by atoms with E-state index < -0.39 is 6.10 Å². The SMILES string of the molecule is CCC(O)C(C)c1nc(-c2ccccc2Br)no1. The summed E-state index contributed by atoms with van der Waals surface area (Å²) < 4.78 is 6.13. The van der Waals surface area contributed by atoms with Crippen LogP contribution in [0.2, 0.25) is 0 Å². The van der Waals surface area contributed by atoms with Crippen LogP contribution in [0.15, 0.2) is 33.3 Å². The van der Waals surface area contributed by atoms with Gasteiger partial charge < -0.3 is 9.63 Å². The first-order chi connectivity index (χ1) is 8.63. The van der Waals surface area contributed by atoms with E-state index in [-0.39, 0.29) is 5.92 Å². The molecule has 0 saturated heterocycles. The molecule has 1 aromatic heterocycles. The van der Waals surface area contributed by atoms with E-state index in [0.29, 0.717) is 18.1 Å². The molecule has 0 fully saturated rings. The minimum Gasteiger partial charge on any atom is -0.392 e. The summed E-state index contributed by atoms with van der Waals surface area (Å²) in [6.45, 7) is 3.80. The zero-order valence-electron chi connectivity index (χ0n) is 10.3. The lowest BCUT2D eigenvalue weighted by molar-refractivity contribution is 0.129. The van der Waals surface area contributed by atoms with E-state index in [1.54, 1.807) is 0 Å². The van der Waals surface area contributed by atoms with E-state index >= 15 is 0 Å². The second kappa shape index (κ2) is 5.63. The van der Waals surface area contributed by atoms with Crippen molar-refractivity contribution in [3.63, 3.8) is 0 Å².